The number of Topliss-reactive ketones (excluding diaryl/α,β-unsaturated/α-hetero) is 2. The highest BCUT2D eigenvalue weighted by atomic mass is 16.5. The number of ether oxygens (including phenoxy) is 1. The number of aromatic amines is 1. The summed E-state index contributed by atoms with van der Waals surface area (Å²) in [5.41, 5.74) is 5.03. The van der Waals surface area contributed by atoms with Gasteiger partial charge in [-0.25, -0.2) is 4.79 Å². The van der Waals surface area contributed by atoms with Crippen molar-refractivity contribution in [1.82, 2.24) is 9.55 Å². The normalized spacial score (nSPS) is 10.8. The minimum absolute atomic E-state index is 0.125. The monoisotopic (exact) mass is 392 g/mol. The number of H-pyrrole nitrogens is 1. The molecule has 3 rings (SSSR count). The van der Waals surface area contributed by atoms with Crippen molar-refractivity contribution in [3.8, 4) is 5.69 Å². The van der Waals surface area contributed by atoms with E-state index in [1.165, 1.54) is 6.92 Å². The second kappa shape index (κ2) is 7.91. The van der Waals surface area contributed by atoms with Gasteiger partial charge in [-0.3, -0.25) is 9.59 Å². The molecule has 0 aliphatic heterocycles. The van der Waals surface area contributed by atoms with Crippen LogP contribution in [0.15, 0.2) is 36.4 Å². The van der Waals surface area contributed by atoms with E-state index in [1.807, 2.05) is 48.7 Å². The number of hydrogen-bond donors (Lipinski definition) is 1. The molecule has 0 amide bonds. The summed E-state index contributed by atoms with van der Waals surface area (Å²) >= 11 is 0. The number of hydrogen-bond acceptors (Lipinski definition) is 4. The minimum Gasteiger partial charge on any atom is -0.453 e. The van der Waals surface area contributed by atoms with Gasteiger partial charge in [-0.05, 0) is 58.4 Å². The molecule has 0 saturated carbocycles. The lowest BCUT2D eigenvalue weighted by atomic mass is 10.1. The molecular formula is C23H24N2O4. The molecule has 0 atom stereocenters. The molecule has 0 aliphatic rings. The van der Waals surface area contributed by atoms with E-state index in [0.717, 1.165) is 17.1 Å². The van der Waals surface area contributed by atoms with E-state index >= 15 is 0 Å². The maximum absolute atomic E-state index is 12.7. The lowest BCUT2D eigenvalue weighted by molar-refractivity contribution is 0.0468. The molecule has 0 fully saturated rings. The van der Waals surface area contributed by atoms with Crippen LogP contribution in [0.2, 0.25) is 0 Å². The fraction of sp³-hybridized carbons (Fsp3) is 0.261. The van der Waals surface area contributed by atoms with Crippen molar-refractivity contribution in [3.05, 3.63) is 75.9 Å². The Labute approximate surface area is 169 Å². The van der Waals surface area contributed by atoms with Gasteiger partial charge >= 0.3 is 5.97 Å². The SMILES string of the molecule is CC(=O)c1c(C)[nH]c(C(=O)OCC(=O)c2cc(C)n(-c3ccccc3)c2C)c1C. The molecule has 0 saturated heterocycles. The number of ketones is 2. The average molecular weight is 392 g/mol. The van der Waals surface area contributed by atoms with Crippen molar-refractivity contribution in [2.24, 2.45) is 0 Å². The Morgan fingerprint density at radius 2 is 1.69 bits per heavy atom. The first kappa shape index (κ1) is 20.3. The summed E-state index contributed by atoms with van der Waals surface area (Å²) in [7, 11) is 0. The molecule has 1 N–H and O–H groups in total. The van der Waals surface area contributed by atoms with Gasteiger partial charge in [-0.2, -0.15) is 0 Å². The molecule has 0 unspecified atom stereocenters. The fourth-order valence-electron chi connectivity index (χ4n) is 3.78. The van der Waals surface area contributed by atoms with Crippen LogP contribution in [-0.2, 0) is 4.74 Å². The molecule has 0 aliphatic carbocycles. The fourth-order valence-corrected chi connectivity index (χ4v) is 3.78. The first-order valence-electron chi connectivity index (χ1n) is 9.37. The van der Waals surface area contributed by atoms with Crippen molar-refractivity contribution >= 4 is 17.5 Å². The zero-order valence-corrected chi connectivity index (χ0v) is 17.3. The van der Waals surface area contributed by atoms with E-state index < -0.39 is 5.97 Å². The lowest BCUT2D eigenvalue weighted by Crippen LogP contribution is -2.16. The van der Waals surface area contributed by atoms with Gasteiger partial charge in [0.25, 0.3) is 0 Å². The number of benzene rings is 1. The zero-order chi connectivity index (χ0) is 21.3. The van der Waals surface area contributed by atoms with E-state index in [1.54, 1.807) is 19.9 Å². The highest BCUT2D eigenvalue weighted by Gasteiger charge is 2.23. The van der Waals surface area contributed by atoms with Crippen LogP contribution in [0, 0.1) is 27.7 Å². The summed E-state index contributed by atoms with van der Waals surface area (Å²) in [5.74, 6) is -1.05. The number of aromatic nitrogens is 2. The van der Waals surface area contributed by atoms with Gasteiger partial charge in [-0.15, -0.1) is 0 Å². The van der Waals surface area contributed by atoms with Crippen LogP contribution in [0.3, 0.4) is 0 Å². The molecule has 6 heteroatoms. The summed E-state index contributed by atoms with van der Waals surface area (Å²) in [4.78, 5) is 39.8. The Kier molecular flexibility index (Phi) is 5.55. The first-order valence-corrected chi connectivity index (χ1v) is 9.37. The molecule has 0 spiro atoms. The van der Waals surface area contributed by atoms with Crippen LogP contribution < -0.4 is 0 Å². The van der Waals surface area contributed by atoms with Gasteiger partial charge in [0.15, 0.2) is 12.4 Å². The van der Waals surface area contributed by atoms with Crippen LogP contribution in [0.4, 0.5) is 0 Å². The summed E-state index contributed by atoms with van der Waals surface area (Å²) in [5, 5.41) is 0. The van der Waals surface area contributed by atoms with Gasteiger partial charge in [0, 0.05) is 33.9 Å². The lowest BCUT2D eigenvalue weighted by Gasteiger charge is -2.09. The molecule has 1 aromatic carbocycles. The summed E-state index contributed by atoms with van der Waals surface area (Å²) in [6.45, 7) is 8.29. The summed E-state index contributed by atoms with van der Waals surface area (Å²) < 4.78 is 7.24. The van der Waals surface area contributed by atoms with Crippen molar-refractivity contribution in [3.63, 3.8) is 0 Å². The topological polar surface area (TPSA) is 81.2 Å². The van der Waals surface area contributed by atoms with E-state index in [0.29, 0.717) is 22.4 Å². The van der Waals surface area contributed by atoms with Gasteiger partial charge in [0.05, 0.1) is 0 Å². The molecule has 2 aromatic heterocycles. The van der Waals surface area contributed by atoms with E-state index in [2.05, 4.69) is 4.98 Å². The molecule has 3 aromatic rings. The Hall–Kier alpha value is -3.41. The van der Waals surface area contributed by atoms with Crippen molar-refractivity contribution in [2.75, 3.05) is 6.61 Å². The van der Waals surface area contributed by atoms with Crippen LogP contribution >= 0.6 is 0 Å². The van der Waals surface area contributed by atoms with Crippen LogP contribution in [-0.4, -0.2) is 33.7 Å². The average Bonchev–Trinajstić information content (AvgIpc) is 3.15. The largest absolute Gasteiger partial charge is 0.453 e. The van der Waals surface area contributed by atoms with E-state index in [9.17, 15) is 14.4 Å². The Morgan fingerprint density at radius 3 is 2.28 bits per heavy atom. The van der Waals surface area contributed by atoms with Crippen LogP contribution in [0.25, 0.3) is 5.69 Å². The van der Waals surface area contributed by atoms with Gasteiger partial charge in [0.2, 0.25) is 5.78 Å². The number of rotatable bonds is 6. The highest BCUT2D eigenvalue weighted by molar-refractivity contribution is 6.03. The molecule has 6 nitrogen and oxygen atoms in total. The predicted molar refractivity (Wildman–Crippen MR) is 110 cm³/mol. The second-order valence-corrected chi connectivity index (χ2v) is 7.14. The minimum atomic E-state index is -0.650. The third-order valence-corrected chi connectivity index (χ3v) is 5.07. The van der Waals surface area contributed by atoms with Crippen molar-refractivity contribution in [2.45, 2.75) is 34.6 Å². The summed E-state index contributed by atoms with van der Waals surface area (Å²) in [6.07, 6.45) is 0. The Morgan fingerprint density at radius 1 is 1.03 bits per heavy atom. The number of carbonyl (C=O) groups is 3. The molecule has 0 radical (unpaired) electrons. The van der Waals surface area contributed by atoms with Gasteiger partial charge < -0.3 is 14.3 Å². The highest BCUT2D eigenvalue weighted by Crippen LogP contribution is 2.22. The second-order valence-electron chi connectivity index (χ2n) is 7.14. The third kappa shape index (κ3) is 3.78. The molecule has 150 valence electrons. The number of nitrogens with one attached hydrogen (secondary N) is 1. The number of aryl methyl sites for hydroxylation is 2. The Bertz CT molecular complexity index is 1100. The summed E-state index contributed by atoms with van der Waals surface area (Å²) in [6, 6.07) is 11.6. The van der Waals surface area contributed by atoms with Gasteiger partial charge in [0.1, 0.15) is 5.69 Å². The quantitative estimate of drug-likeness (QED) is 0.501. The Balaban J connectivity index is 1.78. The van der Waals surface area contributed by atoms with Crippen LogP contribution in [0.5, 0.6) is 0 Å². The number of para-hydroxylation sites is 1. The number of carbonyl (C=O) groups excluding carboxylic acids is 3. The standard InChI is InChI=1S/C23H24N2O4/c1-13-11-19(16(4)25(13)18-9-7-6-8-10-18)20(27)12-29-23(28)22-14(2)21(17(5)26)15(3)24-22/h6-11,24H,12H2,1-5H3. The maximum atomic E-state index is 12.7. The predicted octanol–water partition coefficient (Wildman–Crippen LogP) is 4.28. The number of esters is 1. The smallest absolute Gasteiger partial charge is 0.355 e. The van der Waals surface area contributed by atoms with E-state index in [4.69, 9.17) is 4.74 Å². The number of nitrogens with zero attached hydrogens (tertiary/aromatic N) is 1. The molecule has 0 bridgehead atoms. The van der Waals surface area contributed by atoms with Crippen molar-refractivity contribution < 1.29 is 19.1 Å². The van der Waals surface area contributed by atoms with Gasteiger partial charge in [-0.1, -0.05) is 18.2 Å². The maximum Gasteiger partial charge on any atom is 0.355 e. The van der Waals surface area contributed by atoms with Crippen molar-refractivity contribution in [1.29, 1.82) is 0 Å². The molecule has 29 heavy (non-hydrogen) atoms. The third-order valence-electron chi connectivity index (χ3n) is 5.07. The molecular weight excluding hydrogens is 368 g/mol. The molecule has 2 heterocycles. The zero-order valence-electron chi connectivity index (χ0n) is 17.3. The van der Waals surface area contributed by atoms with E-state index in [-0.39, 0.29) is 23.9 Å². The first-order chi connectivity index (χ1) is 13.7. The van der Waals surface area contributed by atoms with Crippen LogP contribution in [0.1, 0.15) is 60.8 Å².